The lowest BCUT2D eigenvalue weighted by Crippen LogP contribution is -2.40. The van der Waals surface area contributed by atoms with Gasteiger partial charge < -0.3 is 19.9 Å². The minimum atomic E-state index is 0.315. The third kappa shape index (κ3) is 2.83. The number of benzene rings is 1. The first-order valence-corrected chi connectivity index (χ1v) is 6.76. The van der Waals surface area contributed by atoms with E-state index in [4.69, 9.17) is 19.9 Å². The summed E-state index contributed by atoms with van der Waals surface area (Å²) in [5.74, 6) is 1.98. The molecule has 5 nitrogen and oxygen atoms in total. The number of rotatable bonds is 4. The van der Waals surface area contributed by atoms with Gasteiger partial charge in [-0.1, -0.05) is 6.07 Å². The lowest BCUT2D eigenvalue weighted by molar-refractivity contribution is 0.0353. The molecule has 0 radical (unpaired) electrons. The van der Waals surface area contributed by atoms with Crippen LogP contribution < -0.4 is 15.2 Å². The molecule has 1 aromatic carbocycles. The van der Waals surface area contributed by atoms with Crippen molar-refractivity contribution in [3.05, 3.63) is 23.8 Å². The van der Waals surface area contributed by atoms with Gasteiger partial charge in [-0.05, 0) is 17.7 Å². The molecule has 104 valence electrons. The van der Waals surface area contributed by atoms with E-state index in [0.717, 1.165) is 44.3 Å². The Balaban J connectivity index is 1.70. The normalized spacial score (nSPS) is 20.5. The first kappa shape index (κ1) is 12.7. The lowest BCUT2D eigenvalue weighted by Gasteiger charge is -2.30. The molecule has 1 fully saturated rings. The average Bonchev–Trinajstić information content (AvgIpc) is 2.93. The van der Waals surface area contributed by atoms with E-state index in [1.165, 1.54) is 5.56 Å². The maximum Gasteiger partial charge on any atom is 0.231 e. The maximum atomic E-state index is 5.94. The van der Waals surface area contributed by atoms with Crippen molar-refractivity contribution in [1.82, 2.24) is 4.90 Å². The first-order valence-electron chi connectivity index (χ1n) is 6.76. The van der Waals surface area contributed by atoms with Crippen LogP contribution in [0, 0.1) is 0 Å². The molecule has 1 aromatic rings. The van der Waals surface area contributed by atoms with Crippen molar-refractivity contribution in [3.63, 3.8) is 0 Å². The molecule has 0 amide bonds. The number of ether oxygens (including phenoxy) is 3. The highest BCUT2D eigenvalue weighted by atomic mass is 16.7. The van der Waals surface area contributed by atoms with Gasteiger partial charge in [-0.2, -0.15) is 0 Å². The Morgan fingerprint density at radius 2 is 1.95 bits per heavy atom. The Morgan fingerprint density at radius 1 is 1.16 bits per heavy atom. The zero-order chi connectivity index (χ0) is 13.1. The molecule has 0 spiro atoms. The zero-order valence-electron chi connectivity index (χ0n) is 11.0. The van der Waals surface area contributed by atoms with Crippen molar-refractivity contribution >= 4 is 0 Å². The molecule has 2 N–H and O–H groups in total. The fourth-order valence-electron chi connectivity index (χ4n) is 2.58. The summed E-state index contributed by atoms with van der Waals surface area (Å²) in [6, 6.07) is 6.12. The van der Waals surface area contributed by atoms with Crippen molar-refractivity contribution in [2.45, 2.75) is 5.92 Å². The van der Waals surface area contributed by atoms with Crippen molar-refractivity contribution in [1.29, 1.82) is 0 Å². The van der Waals surface area contributed by atoms with Crippen LogP contribution >= 0.6 is 0 Å². The molecular weight excluding hydrogens is 244 g/mol. The van der Waals surface area contributed by atoms with Crippen molar-refractivity contribution < 1.29 is 14.2 Å². The van der Waals surface area contributed by atoms with Crippen LogP contribution in [-0.4, -0.2) is 51.1 Å². The standard InChI is InChI=1S/C14H20N2O3/c15-8-12(9-16-3-5-17-6-4-16)11-1-2-13-14(7-11)19-10-18-13/h1-2,7,12H,3-6,8-10,15H2. The maximum absolute atomic E-state index is 5.94. The number of hydrogen-bond donors (Lipinski definition) is 1. The molecule has 2 aliphatic heterocycles. The van der Waals surface area contributed by atoms with Gasteiger partial charge in [0.2, 0.25) is 6.79 Å². The monoisotopic (exact) mass is 264 g/mol. The predicted octanol–water partition coefficient (Wildman–Crippen LogP) is 0.790. The second-order valence-electron chi connectivity index (χ2n) is 4.96. The van der Waals surface area contributed by atoms with Crippen LogP contribution in [0.2, 0.25) is 0 Å². The van der Waals surface area contributed by atoms with Crippen LogP contribution in [-0.2, 0) is 4.74 Å². The van der Waals surface area contributed by atoms with Crippen molar-refractivity contribution in [3.8, 4) is 11.5 Å². The van der Waals surface area contributed by atoms with Crippen molar-refractivity contribution in [2.75, 3.05) is 46.2 Å². The third-order valence-corrected chi connectivity index (χ3v) is 3.73. The second-order valence-corrected chi connectivity index (χ2v) is 4.96. The smallest absolute Gasteiger partial charge is 0.231 e. The fraction of sp³-hybridized carbons (Fsp3) is 0.571. The molecule has 0 aromatic heterocycles. The SMILES string of the molecule is NCC(CN1CCOCC1)c1ccc2c(c1)OCO2. The summed E-state index contributed by atoms with van der Waals surface area (Å²) in [6.07, 6.45) is 0. The Labute approximate surface area is 113 Å². The van der Waals surface area contributed by atoms with Gasteiger partial charge in [0, 0.05) is 32.1 Å². The molecule has 2 aliphatic rings. The van der Waals surface area contributed by atoms with Crippen molar-refractivity contribution in [2.24, 2.45) is 5.73 Å². The topological polar surface area (TPSA) is 57.0 Å². The fourth-order valence-corrected chi connectivity index (χ4v) is 2.58. The predicted molar refractivity (Wildman–Crippen MR) is 71.6 cm³/mol. The van der Waals surface area contributed by atoms with Crippen LogP contribution in [0.25, 0.3) is 0 Å². The molecule has 1 atom stereocenters. The molecule has 0 aliphatic carbocycles. The molecule has 3 rings (SSSR count). The van der Waals surface area contributed by atoms with E-state index >= 15 is 0 Å². The van der Waals surface area contributed by atoms with Gasteiger partial charge in [-0.15, -0.1) is 0 Å². The Kier molecular flexibility index (Phi) is 3.87. The van der Waals surface area contributed by atoms with Gasteiger partial charge in [0.05, 0.1) is 13.2 Å². The number of hydrogen-bond acceptors (Lipinski definition) is 5. The van der Waals surface area contributed by atoms with Crippen LogP contribution in [0.5, 0.6) is 11.5 Å². The van der Waals surface area contributed by atoms with Crippen LogP contribution in [0.1, 0.15) is 11.5 Å². The summed E-state index contributed by atoms with van der Waals surface area (Å²) in [4.78, 5) is 2.41. The van der Waals surface area contributed by atoms with E-state index in [9.17, 15) is 0 Å². The number of fused-ring (bicyclic) bond motifs is 1. The van der Waals surface area contributed by atoms with E-state index < -0.39 is 0 Å². The third-order valence-electron chi connectivity index (χ3n) is 3.73. The molecular formula is C14H20N2O3. The van der Waals surface area contributed by atoms with Crippen LogP contribution in [0.15, 0.2) is 18.2 Å². The summed E-state index contributed by atoms with van der Waals surface area (Å²) in [6.45, 7) is 5.53. The molecule has 5 heteroatoms. The highest BCUT2D eigenvalue weighted by Gasteiger charge is 2.20. The molecule has 1 saturated heterocycles. The van der Waals surface area contributed by atoms with Gasteiger partial charge in [0.25, 0.3) is 0 Å². The van der Waals surface area contributed by atoms with E-state index in [2.05, 4.69) is 17.0 Å². The highest BCUT2D eigenvalue weighted by Crippen LogP contribution is 2.34. The summed E-state index contributed by atoms with van der Waals surface area (Å²) in [7, 11) is 0. The van der Waals surface area contributed by atoms with E-state index in [1.807, 2.05) is 6.07 Å². The van der Waals surface area contributed by atoms with Gasteiger partial charge in [-0.3, -0.25) is 4.90 Å². The van der Waals surface area contributed by atoms with E-state index in [-0.39, 0.29) is 0 Å². The van der Waals surface area contributed by atoms with Gasteiger partial charge in [0.15, 0.2) is 11.5 Å². The number of nitrogens with two attached hydrogens (primary N) is 1. The quantitative estimate of drug-likeness (QED) is 0.871. The number of nitrogens with zero attached hydrogens (tertiary/aromatic N) is 1. The summed E-state index contributed by atoms with van der Waals surface area (Å²) in [5.41, 5.74) is 7.16. The van der Waals surface area contributed by atoms with E-state index in [0.29, 0.717) is 19.3 Å². The largest absolute Gasteiger partial charge is 0.454 e. The van der Waals surface area contributed by atoms with E-state index in [1.54, 1.807) is 0 Å². The molecule has 19 heavy (non-hydrogen) atoms. The Bertz CT molecular complexity index is 433. The molecule has 2 heterocycles. The minimum Gasteiger partial charge on any atom is -0.454 e. The lowest BCUT2D eigenvalue weighted by atomic mass is 9.98. The van der Waals surface area contributed by atoms with Crippen LogP contribution in [0.4, 0.5) is 0 Å². The highest BCUT2D eigenvalue weighted by molar-refractivity contribution is 5.45. The zero-order valence-corrected chi connectivity index (χ0v) is 11.0. The molecule has 0 saturated carbocycles. The van der Waals surface area contributed by atoms with Gasteiger partial charge in [-0.25, -0.2) is 0 Å². The van der Waals surface area contributed by atoms with Crippen LogP contribution in [0.3, 0.4) is 0 Å². The molecule has 0 bridgehead atoms. The summed E-state index contributed by atoms with van der Waals surface area (Å²) >= 11 is 0. The Morgan fingerprint density at radius 3 is 2.74 bits per heavy atom. The molecule has 1 unspecified atom stereocenters. The minimum absolute atomic E-state index is 0.315. The average molecular weight is 264 g/mol. The van der Waals surface area contributed by atoms with Gasteiger partial charge in [0.1, 0.15) is 0 Å². The van der Waals surface area contributed by atoms with Gasteiger partial charge >= 0.3 is 0 Å². The second kappa shape index (κ2) is 5.77. The number of morpholine rings is 1. The summed E-state index contributed by atoms with van der Waals surface area (Å²) in [5, 5.41) is 0. The first-order chi connectivity index (χ1) is 9.36. The summed E-state index contributed by atoms with van der Waals surface area (Å²) < 4.78 is 16.1. The Hall–Kier alpha value is -1.30.